The number of esters is 1. The third-order valence-corrected chi connectivity index (χ3v) is 3.05. The molecule has 1 aromatic carbocycles. The van der Waals surface area contributed by atoms with Crippen molar-refractivity contribution in [2.24, 2.45) is 10.2 Å². The number of hydrogen-bond acceptors (Lipinski definition) is 5. The third kappa shape index (κ3) is 1.81. The predicted octanol–water partition coefficient (Wildman–Crippen LogP) is 2.21. The van der Waals surface area contributed by atoms with Crippen LogP contribution in [0.25, 0.3) is 0 Å². The van der Waals surface area contributed by atoms with Gasteiger partial charge < -0.3 is 10.1 Å². The van der Waals surface area contributed by atoms with E-state index < -0.39 is 6.04 Å². The van der Waals surface area contributed by atoms with Gasteiger partial charge in [-0.25, -0.2) is 4.79 Å². The van der Waals surface area contributed by atoms with Gasteiger partial charge in [-0.2, -0.15) is 5.11 Å². The minimum atomic E-state index is -0.418. The summed E-state index contributed by atoms with van der Waals surface area (Å²) in [5.74, 6) is -0.729. The van der Waals surface area contributed by atoms with Crippen LogP contribution < -0.4 is 5.32 Å². The lowest BCUT2D eigenvalue weighted by molar-refractivity contribution is -0.114. The summed E-state index contributed by atoms with van der Waals surface area (Å²) in [6, 6.07) is 4.72. The molecule has 3 rings (SSSR count). The smallest absolute Gasteiger partial charge is 0.338 e. The molecule has 19 heavy (non-hydrogen) atoms. The highest BCUT2D eigenvalue weighted by Crippen LogP contribution is 2.39. The first-order valence-corrected chi connectivity index (χ1v) is 5.93. The van der Waals surface area contributed by atoms with Gasteiger partial charge in [-0.05, 0) is 25.1 Å². The predicted molar refractivity (Wildman–Crippen MR) is 66.7 cm³/mol. The summed E-state index contributed by atoms with van der Waals surface area (Å²) in [4.78, 5) is 23.2. The monoisotopic (exact) mass is 257 g/mol. The molecule has 96 valence electrons. The first-order chi connectivity index (χ1) is 9.20. The molecule has 2 aliphatic heterocycles. The van der Waals surface area contributed by atoms with E-state index in [2.05, 4.69) is 15.5 Å². The van der Waals surface area contributed by atoms with Crippen LogP contribution in [0.1, 0.15) is 28.9 Å². The zero-order valence-electron chi connectivity index (χ0n) is 10.2. The molecule has 6 heteroatoms. The normalized spacial score (nSPS) is 19.3. The summed E-state index contributed by atoms with van der Waals surface area (Å²) in [6.07, 6.45) is 1.61. The summed E-state index contributed by atoms with van der Waals surface area (Å²) in [5, 5.41) is 10.5. The maximum atomic E-state index is 11.7. The van der Waals surface area contributed by atoms with Gasteiger partial charge in [-0.1, -0.05) is 0 Å². The molecule has 0 radical (unpaired) electrons. The number of azo groups is 1. The van der Waals surface area contributed by atoms with E-state index >= 15 is 0 Å². The van der Waals surface area contributed by atoms with E-state index in [1.54, 1.807) is 31.3 Å². The molecule has 2 heterocycles. The Hall–Kier alpha value is -2.50. The van der Waals surface area contributed by atoms with Crippen molar-refractivity contribution in [1.82, 2.24) is 0 Å². The molecule has 1 atom stereocenters. The quantitative estimate of drug-likeness (QED) is 0.823. The Morgan fingerprint density at radius 2 is 2.32 bits per heavy atom. The van der Waals surface area contributed by atoms with Gasteiger partial charge >= 0.3 is 5.97 Å². The lowest BCUT2D eigenvalue weighted by Gasteiger charge is -2.19. The number of amides is 1. The Kier molecular flexibility index (Phi) is 2.63. The molecule has 0 saturated heterocycles. The summed E-state index contributed by atoms with van der Waals surface area (Å²) in [6.45, 7) is 2.07. The molecular formula is C13H11N3O3. The van der Waals surface area contributed by atoms with Gasteiger partial charge in [0.25, 0.3) is 5.91 Å². The maximum absolute atomic E-state index is 11.7. The lowest BCUT2D eigenvalue weighted by Crippen LogP contribution is -2.13. The van der Waals surface area contributed by atoms with Gasteiger partial charge in [0.15, 0.2) is 0 Å². The Balaban J connectivity index is 2.00. The summed E-state index contributed by atoms with van der Waals surface area (Å²) in [7, 11) is 0. The van der Waals surface area contributed by atoms with E-state index in [-0.39, 0.29) is 11.9 Å². The van der Waals surface area contributed by atoms with Crippen molar-refractivity contribution in [3.63, 3.8) is 0 Å². The highest BCUT2D eigenvalue weighted by molar-refractivity contribution is 5.99. The molecule has 6 nitrogen and oxygen atoms in total. The number of ether oxygens (including phenoxy) is 1. The van der Waals surface area contributed by atoms with Crippen LogP contribution in [0.15, 0.2) is 40.2 Å². The second kappa shape index (κ2) is 4.31. The molecular weight excluding hydrogens is 246 g/mol. The fraction of sp³-hybridized carbons (Fsp3) is 0.231. The molecule has 1 unspecified atom stereocenters. The second-order valence-electron chi connectivity index (χ2n) is 4.19. The van der Waals surface area contributed by atoms with Crippen LogP contribution in [-0.2, 0) is 9.53 Å². The minimum Gasteiger partial charge on any atom is -0.462 e. The van der Waals surface area contributed by atoms with E-state index in [0.29, 0.717) is 17.7 Å². The first-order valence-electron chi connectivity index (χ1n) is 5.93. The fourth-order valence-corrected chi connectivity index (χ4v) is 2.13. The number of carbonyl (C=O) groups excluding carboxylic acids is 2. The molecule has 0 aromatic heterocycles. The Morgan fingerprint density at radius 1 is 1.47 bits per heavy atom. The first kappa shape index (κ1) is 11.6. The summed E-state index contributed by atoms with van der Waals surface area (Å²) >= 11 is 0. The van der Waals surface area contributed by atoms with E-state index in [4.69, 9.17) is 4.74 Å². The SMILES string of the molecule is CCOC(=O)c1ccc2c(c1)C1N=NC(=O)C1=CN2. The van der Waals surface area contributed by atoms with Crippen molar-refractivity contribution < 1.29 is 14.3 Å². The number of rotatable bonds is 2. The number of nitrogens with one attached hydrogen (secondary N) is 1. The average Bonchev–Trinajstić information content (AvgIpc) is 2.80. The van der Waals surface area contributed by atoms with Gasteiger partial charge in [0, 0.05) is 17.5 Å². The Morgan fingerprint density at radius 3 is 3.11 bits per heavy atom. The second-order valence-corrected chi connectivity index (χ2v) is 4.19. The number of fused-ring (bicyclic) bond motifs is 3. The highest BCUT2D eigenvalue weighted by atomic mass is 16.5. The minimum absolute atomic E-state index is 0.320. The van der Waals surface area contributed by atoms with Gasteiger partial charge in [0.1, 0.15) is 6.04 Å². The van der Waals surface area contributed by atoms with Crippen molar-refractivity contribution in [3.05, 3.63) is 41.1 Å². The Bertz CT molecular complexity index is 634. The number of nitrogens with zero attached hydrogens (tertiary/aromatic N) is 2. The fourth-order valence-electron chi connectivity index (χ4n) is 2.13. The van der Waals surface area contributed by atoms with E-state index in [0.717, 1.165) is 11.3 Å². The summed E-state index contributed by atoms with van der Waals surface area (Å²) in [5.41, 5.74) is 2.51. The molecule has 2 aliphatic rings. The van der Waals surface area contributed by atoms with Crippen LogP contribution in [0.5, 0.6) is 0 Å². The topological polar surface area (TPSA) is 80.1 Å². The number of benzene rings is 1. The van der Waals surface area contributed by atoms with E-state index in [1.165, 1.54) is 0 Å². The van der Waals surface area contributed by atoms with Crippen LogP contribution >= 0.6 is 0 Å². The largest absolute Gasteiger partial charge is 0.462 e. The molecule has 0 bridgehead atoms. The van der Waals surface area contributed by atoms with Crippen LogP contribution in [0.2, 0.25) is 0 Å². The Labute approximate surface area is 109 Å². The van der Waals surface area contributed by atoms with Crippen molar-refractivity contribution in [1.29, 1.82) is 0 Å². The zero-order valence-corrected chi connectivity index (χ0v) is 10.2. The number of carbonyl (C=O) groups is 2. The molecule has 0 saturated carbocycles. The zero-order chi connectivity index (χ0) is 13.4. The van der Waals surface area contributed by atoms with Crippen molar-refractivity contribution >= 4 is 17.6 Å². The molecule has 0 fully saturated rings. The standard InChI is InChI=1S/C13H11N3O3/c1-2-19-13(18)7-3-4-10-8(5-7)11-9(6-14-10)12(17)16-15-11/h3-6,11,14H,2H2,1H3. The van der Waals surface area contributed by atoms with Gasteiger partial charge in [-0.15, -0.1) is 5.11 Å². The number of anilines is 1. The average molecular weight is 257 g/mol. The van der Waals surface area contributed by atoms with Crippen molar-refractivity contribution in [2.45, 2.75) is 13.0 Å². The highest BCUT2D eigenvalue weighted by Gasteiger charge is 2.33. The van der Waals surface area contributed by atoms with Gasteiger partial charge in [-0.3, -0.25) is 4.79 Å². The van der Waals surface area contributed by atoms with E-state index in [9.17, 15) is 9.59 Å². The molecule has 1 amide bonds. The van der Waals surface area contributed by atoms with Crippen LogP contribution in [0.4, 0.5) is 5.69 Å². The summed E-state index contributed by atoms with van der Waals surface area (Å²) < 4.78 is 4.96. The van der Waals surface area contributed by atoms with Gasteiger partial charge in [0.05, 0.1) is 17.7 Å². The molecule has 1 aromatic rings. The number of hydrogen-bond donors (Lipinski definition) is 1. The van der Waals surface area contributed by atoms with E-state index in [1.807, 2.05) is 0 Å². The van der Waals surface area contributed by atoms with Crippen molar-refractivity contribution in [2.75, 3.05) is 11.9 Å². The van der Waals surface area contributed by atoms with Crippen molar-refractivity contribution in [3.8, 4) is 0 Å². The van der Waals surface area contributed by atoms with Gasteiger partial charge in [0.2, 0.25) is 0 Å². The molecule has 1 N–H and O–H groups in total. The van der Waals surface area contributed by atoms with Crippen LogP contribution in [0, 0.1) is 0 Å². The molecule has 0 aliphatic carbocycles. The van der Waals surface area contributed by atoms with Crippen LogP contribution in [0.3, 0.4) is 0 Å². The molecule has 0 spiro atoms. The maximum Gasteiger partial charge on any atom is 0.338 e. The lowest BCUT2D eigenvalue weighted by atomic mass is 9.94. The third-order valence-electron chi connectivity index (χ3n) is 3.05. The van der Waals surface area contributed by atoms with Crippen LogP contribution in [-0.4, -0.2) is 18.5 Å².